The molecule has 0 aliphatic rings. The summed E-state index contributed by atoms with van der Waals surface area (Å²) in [5.41, 5.74) is 2.40. The van der Waals surface area contributed by atoms with Crippen molar-refractivity contribution >= 4 is 5.97 Å². The quantitative estimate of drug-likeness (QED) is 0.416. The van der Waals surface area contributed by atoms with Gasteiger partial charge in [0.05, 0.1) is 25.0 Å². The minimum absolute atomic E-state index is 0.250. The van der Waals surface area contributed by atoms with Gasteiger partial charge in [0.25, 0.3) is 0 Å². The molecule has 0 bridgehead atoms. The van der Waals surface area contributed by atoms with E-state index in [9.17, 15) is 4.79 Å². The molecular formula is C25H28N2O5. The van der Waals surface area contributed by atoms with Gasteiger partial charge >= 0.3 is 5.97 Å². The Hall–Kier alpha value is -3.45. The molecule has 3 rings (SSSR count). The van der Waals surface area contributed by atoms with E-state index in [4.69, 9.17) is 18.9 Å². The Bertz CT molecular complexity index is 1020. The molecule has 0 amide bonds. The third-order valence-corrected chi connectivity index (χ3v) is 4.73. The number of benzene rings is 2. The average Bonchev–Trinajstić information content (AvgIpc) is 2.83. The molecule has 0 saturated carbocycles. The molecule has 1 aromatic heterocycles. The Morgan fingerprint density at radius 2 is 1.72 bits per heavy atom. The fourth-order valence-corrected chi connectivity index (χ4v) is 3.25. The van der Waals surface area contributed by atoms with E-state index in [1.807, 2.05) is 61.5 Å². The second kappa shape index (κ2) is 11.8. The van der Waals surface area contributed by atoms with Crippen molar-refractivity contribution < 1.29 is 23.7 Å². The summed E-state index contributed by atoms with van der Waals surface area (Å²) in [6.45, 7) is 4.60. The van der Waals surface area contributed by atoms with Crippen LogP contribution in [0.5, 0.6) is 11.5 Å². The Labute approximate surface area is 188 Å². The Kier molecular flexibility index (Phi) is 8.57. The predicted octanol–water partition coefficient (Wildman–Crippen LogP) is 4.24. The second-order valence-corrected chi connectivity index (χ2v) is 6.87. The molecule has 0 saturated heterocycles. The monoisotopic (exact) mass is 436 g/mol. The highest BCUT2D eigenvalue weighted by Gasteiger charge is 2.22. The summed E-state index contributed by atoms with van der Waals surface area (Å²) in [5.74, 6) is 1.56. The highest BCUT2D eigenvalue weighted by atomic mass is 16.6. The molecule has 1 heterocycles. The first kappa shape index (κ1) is 23.2. The lowest BCUT2D eigenvalue weighted by Gasteiger charge is -2.18. The second-order valence-electron chi connectivity index (χ2n) is 6.87. The number of carbonyl (C=O) groups excluding carboxylic acids is 1. The number of ether oxygens (including phenoxy) is 4. The maximum absolute atomic E-state index is 12.2. The first-order chi connectivity index (χ1) is 15.7. The maximum Gasteiger partial charge on any atom is 0.335 e. The van der Waals surface area contributed by atoms with Gasteiger partial charge in [-0.3, -0.25) is 0 Å². The SMILES string of the molecule is CCOC(=O)C(Cc1ccccc1OCc1ccnc(-c2ccccc2OC)n1)OCC. The number of nitrogens with zero attached hydrogens (tertiary/aromatic N) is 2. The summed E-state index contributed by atoms with van der Waals surface area (Å²) >= 11 is 0. The van der Waals surface area contributed by atoms with Crippen LogP contribution < -0.4 is 9.47 Å². The number of hydrogen-bond donors (Lipinski definition) is 0. The van der Waals surface area contributed by atoms with Gasteiger partial charge in [-0.1, -0.05) is 30.3 Å². The third kappa shape index (κ3) is 6.04. The number of rotatable bonds is 11. The highest BCUT2D eigenvalue weighted by Crippen LogP contribution is 2.27. The summed E-state index contributed by atoms with van der Waals surface area (Å²) in [6, 6.07) is 17.0. The van der Waals surface area contributed by atoms with Crippen molar-refractivity contribution in [2.24, 2.45) is 0 Å². The van der Waals surface area contributed by atoms with Gasteiger partial charge in [-0.05, 0) is 43.7 Å². The number of hydrogen-bond acceptors (Lipinski definition) is 7. The molecule has 0 N–H and O–H groups in total. The van der Waals surface area contributed by atoms with Crippen molar-refractivity contribution in [1.29, 1.82) is 0 Å². The Morgan fingerprint density at radius 3 is 2.47 bits per heavy atom. The van der Waals surface area contributed by atoms with Crippen molar-refractivity contribution in [3.05, 3.63) is 72.1 Å². The summed E-state index contributed by atoms with van der Waals surface area (Å²) in [5, 5.41) is 0. The van der Waals surface area contributed by atoms with Crippen LogP contribution in [0.4, 0.5) is 0 Å². The number of esters is 1. The number of methoxy groups -OCH3 is 1. The highest BCUT2D eigenvalue weighted by molar-refractivity contribution is 5.75. The molecular weight excluding hydrogens is 408 g/mol. The van der Waals surface area contributed by atoms with Gasteiger partial charge < -0.3 is 18.9 Å². The van der Waals surface area contributed by atoms with E-state index in [2.05, 4.69) is 9.97 Å². The topological polar surface area (TPSA) is 79.8 Å². The lowest BCUT2D eigenvalue weighted by molar-refractivity contribution is -0.156. The molecule has 168 valence electrons. The third-order valence-electron chi connectivity index (χ3n) is 4.73. The zero-order valence-electron chi connectivity index (χ0n) is 18.6. The maximum atomic E-state index is 12.2. The van der Waals surface area contributed by atoms with E-state index >= 15 is 0 Å². The normalized spacial score (nSPS) is 11.6. The van der Waals surface area contributed by atoms with E-state index in [0.717, 1.165) is 16.8 Å². The van der Waals surface area contributed by atoms with Crippen LogP contribution in [-0.4, -0.2) is 42.4 Å². The van der Waals surface area contributed by atoms with Gasteiger partial charge in [-0.2, -0.15) is 0 Å². The molecule has 1 unspecified atom stereocenters. The molecule has 1 atom stereocenters. The molecule has 7 nitrogen and oxygen atoms in total. The molecule has 0 aliphatic heterocycles. The van der Waals surface area contributed by atoms with Gasteiger partial charge in [-0.25, -0.2) is 14.8 Å². The van der Waals surface area contributed by atoms with Gasteiger partial charge in [-0.15, -0.1) is 0 Å². The van der Waals surface area contributed by atoms with E-state index in [1.54, 1.807) is 20.2 Å². The molecule has 0 spiro atoms. The standard InChI is InChI=1S/C25H28N2O5/c1-4-30-23(25(28)31-5-2)16-18-10-6-8-12-21(18)32-17-19-14-15-26-24(27-19)20-11-7-9-13-22(20)29-3/h6-15,23H,4-5,16-17H2,1-3H3. The summed E-state index contributed by atoms with van der Waals surface area (Å²) in [6.07, 6.45) is 1.38. The molecule has 3 aromatic rings. The van der Waals surface area contributed by atoms with Crippen LogP contribution in [0, 0.1) is 0 Å². The fourth-order valence-electron chi connectivity index (χ4n) is 3.25. The fraction of sp³-hybridized carbons (Fsp3) is 0.320. The Morgan fingerprint density at radius 1 is 0.969 bits per heavy atom. The smallest absolute Gasteiger partial charge is 0.335 e. The van der Waals surface area contributed by atoms with E-state index in [1.165, 1.54) is 0 Å². The molecule has 0 radical (unpaired) electrons. The van der Waals surface area contributed by atoms with Crippen LogP contribution in [0.25, 0.3) is 11.4 Å². The summed E-state index contributed by atoms with van der Waals surface area (Å²) in [4.78, 5) is 21.2. The first-order valence-electron chi connectivity index (χ1n) is 10.6. The van der Waals surface area contributed by atoms with Gasteiger partial charge in [0, 0.05) is 19.2 Å². The molecule has 32 heavy (non-hydrogen) atoms. The van der Waals surface area contributed by atoms with Crippen molar-refractivity contribution in [3.8, 4) is 22.9 Å². The largest absolute Gasteiger partial charge is 0.496 e. The minimum atomic E-state index is -0.680. The summed E-state index contributed by atoms with van der Waals surface area (Å²) in [7, 11) is 1.62. The van der Waals surface area contributed by atoms with Gasteiger partial charge in [0.1, 0.15) is 18.1 Å². The number of carbonyl (C=O) groups is 1. The minimum Gasteiger partial charge on any atom is -0.496 e. The predicted molar refractivity (Wildman–Crippen MR) is 121 cm³/mol. The molecule has 0 fully saturated rings. The zero-order chi connectivity index (χ0) is 22.8. The van der Waals surface area contributed by atoms with Gasteiger partial charge in [0.15, 0.2) is 11.9 Å². The van der Waals surface area contributed by atoms with Crippen molar-refractivity contribution in [1.82, 2.24) is 9.97 Å². The van der Waals surface area contributed by atoms with Crippen molar-refractivity contribution in [2.45, 2.75) is 33.0 Å². The van der Waals surface area contributed by atoms with E-state index in [0.29, 0.717) is 37.0 Å². The lowest BCUT2D eigenvalue weighted by atomic mass is 10.1. The van der Waals surface area contributed by atoms with Gasteiger partial charge in [0.2, 0.25) is 0 Å². The van der Waals surface area contributed by atoms with Crippen LogP contribution >= 0.6 is 0 Å². The summed E-state index contributed by atoms with van der Waals surface area (Å²) < 4.78 is 22.2. The Balaban J connectivity index is 1.75. The van der Waals surface area contributed by atoms with E-state index < -0.39 is 6.10 Å². The molecule has 7 heteroatoms. The number of aromatic nitrogens is 2. The van der Waals surface area contributed by atoms with Crippen LogP contribution in [0.1, 0.15) is 25.1 Å². The molecule has 0 aliphatic carbocycles. The number of para-hydroxylation sites is 2. The lowest BCUT2D eigenvalue weighted by Crippen LogP contribution is -2.29. The van der Waals surface area contributed by atoms with Crippen LogP contribution in [0.15, 0.2) is 60.8 Å². The van der Waals surface area contributed by atoms with Crippen molar-refractivity contribution in [3.63, 3.8) is 0 Å². The van der Waals surface area contributed by atoms with Crippen LogP contribution in [0.3, 0.4) is 0 Å². The first-order valence-corrected chi connectivity index (χ1v) is 10.6. The average molecular weight is 437 g/mol. The van der Waals surface area contributed by atoms with Crippen LogP contribution in [-0.2, 0) is 27.3 Å². The molecule has 2 aromatic carbocycles. The van der Waals surface area contributed by atoms with Crippen molar-refractivity contribution in [2.75, 3.05) is 20.3 Å². The van der Waals surface area contributed by atoms with E-state index in [-0.39, 0.29) is 12.6 Å². The zero-order valence-corrected chi connectivity index (χ0v) is 18.6. The van der Waals surface area contributed by atoms with Crippen LogP contribution in [0.2, 0.25) is 0 Å².